The van der Waals surface area contributed by atoms with Crippen molar-refractivity contribution < 1.29 is 15.0 Å². The molecule has 0 saturated heterocycles. The van der Waals surface area contributed by atoms with Crippen LogP contribution < -0.4 is 5.32 Å². The molecule has 0 aromatic rings. The molecule has 0 fully saturated rings. The van der Waals surface area contributed by atoms with E-state index in [-0.39, 0.29) is 12.5 Å². The van der Waals surface area contributed by atoms with Gasteiger partial charge in [-0.25, -0.2) is 0 Å². The van der Waals surface area contributed by atoms with E-state index in [1.807, 2.05) is 6.08 Å². The van der Waals surface area contributed by atoms with E-state index in [2.05, 4.69) is 19.2 Å². The van der Waals surface area contributed by atoms with Crippen LogP contribution >= 0.6 is 0 Å². The Morgan fingerprint density at radius 3 is 1.30 bits per heavy atom. The van der Waals surface area contributed by atoms with Crippen molar-refractivity contribution in [1.29, 1.82) is 0 Å². The number of hydrogen-bond acceptors (Lipinski definition) is 3. The van der Waals surface area contributed by atoms with Gasteiger partial charge in [0.25, 0.3) is 0 Å². The number of nitrogens with one attached hydrogen (secondary N) is 1. The first-order chi connectivity index (χ1) is 19.7. The smallest absolute Gasteiger partial charge is 0.220 e. The van der Waals surface area contributed by atoms with Crippen molar-refractivity contribution in [2.24, 2.45) is 0 Å². The quantitative estimate of drug-likeness (QED) is 0.0561. The van der Waals surface area contributed by atoms with Crippen LogP contribution in [0.15, 0.2) is 12.2 Å². The molecule has 1 amide bonds. The summed E-state index contributed by atoms with van der Waals surface area (Å²) in [5.74, 6) is -0.0650. The number of amides is 1. The van der Waals surface area contributed by atoms with E-state index in [9.17, 15) is 15.0 Å². The van der Waals surface area contributed by atoms with Crippen LogP contribution in [0.5, 0.6) is 0 Å². The maximum Gasteiger partial charge on any atom is 0.220 e. The van der Waals surface area contributed by atoms with E-state index < -0.39 is 12.1 Å². The average Bonchev–Trinajstić information content (AvgIpc) is 2.96. The lowest BCUT2D eigenvalue weighted by atomic mass is 10.0. The number of aliphatic hydroxyl groups excluding tert-OH is 2. The van der Waals surface area contributed by atoms with Crippen molar-refractivity contribution in [2.45, 2.75) is 206 Å². The monoisotopic (exact) mass is 566 g/mol. The van der Waals surface area contributed by atoms with Gasteiger partial charge in [0.2, 0.25) is 5.91 Å². The normalized spacial score (nSPS) is 13.2. The van der Waals surface area contributed by atoms with Crippen molar-refractivity contribution in [3.05, 3.63) is 12.2 Å². The topological polar surface area (TPSA) is 69.6 Å². The van der Waals surface area contributed by atoms with Crippen molar-refractivity contribution >= 4 is 5.91 Å². The molecule has 2 unspecified atom stereocenters. The molecule has 2 atom stereocenters. The Labute approximate surface area is 250 Å². The number of allylic oxidation sites excluding steroid dienone is 1. The highest BCUT2D eigenvalue weighted by Crippen LogP contribution is 2.15. The fourth-order valence-corrected chi connectivity index (χ4v) is 5.47. The summed E-state index contributed by atoms with van der Waals surface area (Å²) in [4.78, 5) is 12.3. The fraction of sp³-hybridized carbons (Fsp3) is 0.917. The molecule has 0 aliphatic heterocycles. The molecule has 0 aromatic carbocycles. The first-order valence-electron chi connectivity index (χ1n) is 17.9. The minimum Gasteiger partial charge on any atom is -0.394 e. The number of unbranched alkanes of at least 4 members (excludes halogenated alkanes) is 25. The lowest BCUT2D eigenvalue weighted by molar-refractivity contribution is -0.123. The predicted molar refractivity (Wildman–Crippen MR) is 175 cm³/mol. The van der Waals surface area contributed by atoms with Crippen LogP contribution in [-0.2, 0) is 4.79 Å². The highest BCUT2D eigenvalue weighted by Gasteiger charge is 2.17. The van der Waals surface area contributed by atoms with Crippen molar-refractivity contribution in [1.82, 2.24) is 5.32 Å². The van der Waals surface area contributed by atoms with Gasteiger partial charge in [0.05, 0.1) is 18.8 Å². The molecule has 0 aromatic heterocycles. The highest BCUT2D eigenvalue weighted by molar-refractivity contribution is 5.76. The maximum absolute atomic E-state index is 12.3. The zero-order chi connectivity index (χ0) is 29.4. The van der Waals surface area contributed by atoms with Crippen LogP contribution in [0.25, 0.3) is 0 Å². The number of rotatable bonds is 32. The standard InChI is InChI=1S/C36H71NO3/c1-3-5-7-9-11-13-14-15-16-17-18-19-20-21-22-23-24-26-28-30-32-36(40)37-34(33-38)35(39)31-29-27-25-12-10-8-6-4-2/h29,31,34-35,38-39H,3-28,30,32-33H2,1-2H3,(H,37,40)/b31-29+. The summed E-state index contributed by atoms with van der Waals surface area (Å²) in [6.45, 7) is 4.27. The van der Waals surface area contributed by atoms with E-state index in [0.717, 1.165) is 25.7 Å². The van der Waals surface area contributed by atoms with Gasteiger partial charge in [0, 0.05) is 6.42 Å². The molecule has 0 saturated carbocycles. The SMILES string of the molecule is CCCCCCCC/C=C/C(O)C(CO)NC(=O)CCCCCCCCCCCCCCCCCCCCCC. The van der Waals surface area contributed by atoms with Gasteiger partial charge in [-0.05, 0) is 19.3 Å². The molecular weight excluding hydrogens is 494 g/mol. The minimum atomic E-state index is -0.830. The highest BCUT2D eigenvalue weighted by atomic mass is 16.3. The third-order valence-corrected chi connectivity index (χ3v) is 8.27. The van der Waals surface area contributed by atoms with Gasteiger partial charge in [-0.2, -0.15) is 0 Å². The van der Waals surface area contributed by atoms with E-state index >= 15 is 0 Å². The Bertz CT molecular complexity index is 536. The molecule has 40 heavy (non-hydrogen) atoms. The summed E-state index contributed by atoms with van der Waals surface area (Å²) in [5, 5.41) is 22.7. The lowest BCUT2D eigenvalue weighted by Gasteiger charge is -2.20. The maximum atomic E-state index is 12.3. The van der Waals surface area contributed by atoms with Gasteiger partial charge in [-0.3, -0.25) is 4.79 Å². The molecule has 0 radical (unpaired) electrons. The Kier molecular flexibility index (Phi) is 31.9. The summed E-state index contributed by atoms with van der Waals surface area (Å²) in [5.41, 5.74) is 0. The molecule has 4 heteroatoms. The molecule has 0 aliphatic carbocycles. The van der Waals surface area contributed by atoms with E-state index in [1.54, 1.807) is 6.08 Å². The zero-order valence-corrected chi connectivity index (χ0v) is 27.1. The van der Waals surface area contributed by atoms with Crippen LogP contribution in [0, 0.1) is 0 Å². The molecule has 0 aliphatic rings. The lowest BCUT2D eigenvalue weighted by Crippen LogP contribution is -2.45. The Hall–Kier alpha value is -0.870. The average molecular weight is 566 g/mol. The number of aliphatic hydroxyl groups is 2. The summed E-state index contributed by atoms with van der Waals surface area (Å²) in [6.07, 6.45) is 38.8. The number of hydrogen-bond donors (Lipinski definition) is 3. The first-order valence-corrected chi connectivity index (χ1v) is 17.9. The van der Waals surface area contributed by atoms with Crippen LogP contribution in [0.4, 0.5) is 0 Å². The minimum absolute atomic E-state index is 0.0650. The molecule has 0 bridgehead atoms. The van der Waals surface area contributed by atoms with Crippen LogP contribution in [0.2, 0.25) is 0 Å². The van der Waals surface area contributed by atoms with Gasteiger partial charge >= 0.3 is 0 Å². The molecule has 238 valence electrons. The van der Waals surface area contributed by atoms with E-state index in [0.29, 0.717) is 6.42 Å². The van der Waals surface area contributed by atoms with E-state index in [1.165, 1.54) is 148 Å². The second kappa shape index (κ2) is 32.6. The van der Waals surface area contributed by atoms with Crippen LogP contribution in [0.3, 0.4) is 0 Å². The van der Waals surface area contributed by atoms with Crippen LogP contribution in [0.1, 0.15) is 194 Å². The fourth-order valence-electron chi connectivity index (χ4n) is 5.47. The van der Waals surface area contributed by atoms with Crippen molar-refractivity contribution in [3.8, 4) is 0 Å². The summed E-state index contributed by atoms with van der Waals surface area (Å²) in [6, 6.07) is -0.613. The third kappa shape index (κ3) is 28.7. The van der Waals surface area contributed by atoms with Crippen molar-refractivity contribution in [3.63, 3.8) is 0 Å². The summed E-state index contributed by atoms with van der Waals surface area (Å²) >= 11 is 0. The predicted octanol–water partition coefficient (Wildman–Crippen LogP) is 10.3. The second-order valence-electron chi connectivity index (χ2n) is 12.3. The van der Waals surface area contributed by atoms with Crippen molar-refractivity contribution in [2.75, 3.05) is 6.61 Å². The van der Waals surface area contributed by atoms with Crippen LogP contribution in [-0.4, -0.2) is 34.9 Å². The molecule has 0 rings (SSSR count). The van der Waals surface area contributed by atoms with Gasteiger partial charge in [0.1, 0.15) is 0 Å². The largest absolute Gasteiger partial charge is 0.394 e. The Morgan fingerprint density at radius 1 is 0.575 bits per heavy atom. The molecule has 3 N–H and O–H groups in total. The van der Waals surface area contributed by atoms with Gasteiger partial charge in [-0.15, -0.1) is 0 Å². The Morgan fingerprint density at radius 2 is 0.925 bits per heavy atom. The molecule has 4 nitrogen and oxygen atoms in total. The van der Waals surface area contributed by atoms with Gasteiger partial charge in [-0.1, -0.05) is 180 Å². The molecular formula is C36H71NO3. The third-order valence-electron chi connectivity index (χ3n) is 8.27. The molecule has 0 spiro atoms. The zero-order valence-electron chi connectivity index (χ0n) is 27.1. The first kappa shape index (κ1) is 39.1. The van der Waals surface area contributed by atoms with Gasteiger partial charge < -0.3 is 15.5 Å². The molecule has 0 heterocycles. The summed E-state index contributed by atoms with van der Waals surface area (Å²) < 4.78 is 0. The number of carbonyl (C=O) groups is 1. The Balaban J connectivity index is 3.49. The van der Waals surface area contributed by atoms with E-state index in [4.69, 9.17) is 0 Å². The second-order valence-corrected chi connectivity index (χ2v) is 12.3. The summed E-state index contributed by atoms with van der Waals surface area (Å²) in [7, 11) is 0. The van der Waals surface area contributed by atoms with Gasteiger partial charge in [0.15, 0.2) is 0 Å². The number of carbonyl (C=O) groups excluding carboxylic acids is 1.